The first-order valence-electron chi connectivity index (χ1n) is 8.92. The van der Waals surface area contributed by atoms with Gasteiger partial charge in [-0.2, -0.15) is 8.78 Å². The Hall–Kier alpha value is -1.78. The Morgan fingerprint density at radius 1 is 0.920 bits per heavy atom. The summed E-state index contributed by atoms with van der Waals surface area (Å²) in [4.78, 5) is 0. The molecule has 3 rings (SSSR count). The minimum Gasteiger partial charge on any atom is -0.320 e. The van der Waals surface area contributed by atoms with Crippen LogP contribution in [0.1, 0.15) is 36.8 Å². The third kappa shape index (κ3) is 5.35. The zero-order chi connectivity index (χ0) is 17.5. The van der Waals surface area contributed by atoms with Gasteiger partial charge >= 0.3 is 6.61 Å². The van der Waals surface area contributed by atoms with Crippen molar-refractivity contribution in [1.82, 2.24) is 5.32 Å². The van der Waals surface area contributed by atoms with Crippen LogP contribution in [0.5, 0.6) is 0 Å². The summed E-state index contributed by atoms with van der Waals surface area (Å²) in [6, 6.07) is 20.7. The number of alkyl halides is 2. The molecular formula is C21H25F2NO. The smallest absolute Gasteiger partial charge is 0.320 e. The molecule has 0 aromatic heterocycles. The predicted molar refractivity (Wildman–Crippen MR) is 95.5 cm³/mol. The molecule has 0 radical (unpaired) electrons. The quantitative estimate of drug-likeness (QED) is 0.767. The monoisotopic (exact) mass is 345 g/mol. The fraction of sp³-hybridized carbons (Fsp3) is 0.429. The molecule has 0 spiro atoms. The van der Waals surface area contributed by atoms with Gasteiger partial charge < -0.3 is 10.1 Å². The van der Waals surface area contributed by atoms with Crippen molar-refractivity contribution in [1.29, 1.82) is 0 Å². The van der Waals surface area contributed by atoms with E-state index in [4.69, 9.17) is 4.74 Å². The third-order valence-corrected chi connectivity index (χ3v) is 5.08. The summed E-state index contributed by atoms with van der Waals surface area (Å²) in [5.74, 6) is 0. The van der Waals surface area contributed by atoms with Crippen LogP contribution in [-0.2, 0) is 17.7 Å². The molecule has 2 aromatic rings. The van der Waals surface area contributed by atoms with E-state index in [2.05, 4.69) is 29.6 Å². The predicted octanol–water partition coefficient (Wildman–Crippen LogP) is 4.94. The second-order valence-electron chi connectivity index (χ2n) is 6.88. The number of halogens is 2. The Balaban J connectivity index is 1.68. The summed E-state index contributed by atoms with van der Waals surface area (Å²) >= 11 is 0. The van der Waals surface area contributed by atoms with Crippen LogP contribution in [0.3, 0.4) is 0 Å². The molecule has 2 nitrogen and oxygen atoms in total. The van der Waals surface area contributed by atoms with Gasteiger partial charge in [-0.05, 0) is 43.2 Å². The Labute approximate surface area is 148 Å². The van der Waals surface area contributed by atoms with Crippen molar-refractivity contribution in [2.45, 2.75) is 56.9 Å². The van der Waals surface area contributed by atoms with Crippen molar-refractivity contribution < 1.29 is 13.5 Å². The van der Waals surface area contributed by atoms with Crippen molar-refractivity contribution in [3.8, 4) is 0 Å². The van der Waals surface area contributed by atoms with Crippen LogP contribution in [0.25, 0.3) is 0 Å². The van der Waals surface area contributed by atoms with Crippen molar-refractivity contribution in [2.24, 2.45) is 0 Å². The molecule has 1 aliphatic rings. The lowest BCUT2D eigenvalue weighted by Gasteiger charge is -2.41. The fourth-order valence-electron chi connectivity index (χ4n) is 3.71. The van der Waals surface area contributed by atoms with Gasteiger partial charge in [0.1, 0.15) is 0 Å². The topological polar surface area (TPSA) is 21.3 Å². The lowest BCUT2D eigenvalue weighted by molar-refractivity contribution is -0.173. The number of ether oxygens (including phenoxy) is 1. The zero-order valence-electron chi connectivity index (χ0n) is 14.3. The van der Waals surface area contributed by atoms with Crippen molar-refractivity contribution in [2.75, 3.05) is 0 Å². The summed E-state index contributed by atoms with van der Waals surface area (Å²) in [5, 5.41) is 3.73. The molecule has 0 amide bonds. The first-order chi connectivity index (χ1) is 12.2. The molecule has 2 aromatic carbocycles. The molecule has 0 unspecified atom stereocenters. The minimum absolute atomic E-state index is 0.0703. The molecule has 0 aliphatic heterocycles. The molecule has 1 N–H and O–H groups in total. The van der Waals surface area contributed by atoms with Crippen LogP contribution in [0.15, 0.2) is 60.7 Å². The lowest BCUT2D eigenvalue weighted by Crippen LogP contribution is -2.50. The standard InChI is InChI=1S/C21H25F2NO/c22-20(23)25-19-11-13-21(14-12-19,15-17-7-3-1-4-8-17)24-16-18-9-5-2-6-10-18/h1-10,19-20,24H,11-16H2. The van der Waals surface area contributed by atoms with E-state index in [9.17, 15) is 8.78 Å². The Kier molecular flexibility index (Phi) is 6.16. The minimum atomic E-state index is -2.68. The van der Waals surface area contributed by atoms with Crippen LogP contribution in [0, 0.1) is 0 Å². The van der Waals surface area contributed by atoms with Gasteiger partial charge in [-0.3, -0.25) is 0 Å². The van der Waals surface area contributed by atoms with E-state index in [1.54, 1.807) is 0 Å². The first kappa shape index (κ1) is 18.0. The Bertz CT molecular complexity index is 625. The van der Waals surface area contributed by atoms with Crippen LogP contribution >= 0.6 is 0 Å². The summed E-state index contributed by atoms with van der Waals surface area (Å²) < 4.78 is 29.7. The lowest BCUT2D eigenvalue weighted by atomic mass is 9.76. The zero-order valence-corrected chi connectivity index (χ0v) is 14.3. The van der Waals surface area contributed by atoms with Gasteiger partial charge in [0.05, 0.1) is 6.10 Å². The Morgan fingerprint density at radius 2 is 1.48 bits per heavy atom. The summed E-state index contributed by atoms with van der Waals surface area (Å²) in [7, 11) is 0. The van der Waals surface area contributed by atoms with Crippen LogP contribution in [0.2, 0.25) is 0 Å². The first-order valence-corrected chi connectivity index (χ1v) is 8.92. The van der Waals surface area contributed by atoms with Crippen molar-refractivity contribution in [3.05, 3.63) is 71.8 Å². The molecule has 0 heterocycles. The van der Waals surface area contributed by atoms with Crippen LogP contribution in [-0.4, -0.2) is 18.3 Å². The van der Waals surface area contributed by atoms with Gasteiger partial charge in [-0.1, -0.05) is 60.7 Å². The molecule has 1 saturated carbocycles. The normalized spacial score (nSPS) is 23.7. The maximum absolute atomic E-state index is 12.5. The average Bonchev–Trinajstić information content (AvgIpc) is 2.63. The summed E-state index contributed by atoms with van der Waals surface area (Å²) in [5.41, 5.74) is 2.44. The molecule has 0 bridgehead atoms. The van der Waals surface area contributed by atoms with E-state index in [0.717, 1.165) is 25.8 Å². The third-order valence-electron chi connectivity index (χ3n) is 5.08. The van der Waals surface area contributed by atoms with E-state index in [0.29, 0.717) is 12.8 Å². The Morgan fingerprint density at radius 3 is 2.04 bits per heavy atom. The molecule has 25 heavy (non-hydrogen) atoms. The van der Waals surface area contributed by atoms with Crippen molar-refractivity contribution in [3.63, 3.8) is 0 Å². The number of rotatable bonds is 7. The molecule has 1 aliphatic carbocycles. The maximum atomic E-state index is 12.5. The van der Waals surface area contributed by atoms with E-state index < -0.39 is 6.61 Å². The highest BCUT2D eigenvalue weighted by Gasteiger charge is 2.36. The molecule has 134 valence electrons. The van der Waals surface area contributed by atoms with Crippen LogP contribution in [0.4, 0.5) is 8.78 Å². The molecular weight excluding hydrogens is 320 g/mol. The number of hydrogen-bond donors (Lipinski definition) is 1. The van der Waals surface area contributed by atoms with Gasteiger partial charge in [0, 0.05) is 12.1 Å². The van der Waals surface area contributed by atoms with Gasteiger partial charge in [-0.15, -0.1) is 0 Å². The summed E-state index contributed by atoms with van der Waals surface area (Å²) in [6.07, 6.45) is 3.58. The molecule has 1 fully saturated rings. The van der Waals surface area contributed by atoms with Gasteiger partial charge in [0.2, 0.25) is 0 Å². The van der Waals surface area contributed by atoms with Gasteiger partial charge in [-0.25, -0.2) is 0 Å². The highest BCUT2D eigenvalue weighted by Crippen LogP contribution is 2.34. The highest BCUT2D eigenvalue weighted by molar-refractivity contribution is 5.20. The molecule has 0 saturated heterocycles. The average molecular weight is 345 g/mol. The van der Waals surface area contributed by atoms with Crippen molar-refractivity contribution >= 4 is 0 Å². The van der Waals surface area contributed by atoms with E-state index in [1.165, 1.54) is 11.1 Å². The largest absolute Gasteiger partial charge is 0.345 e. The summed E-state index contributed by atoms with van der Waals surface area (Å²) in [6.45, 7) is -1.89. The number of nitrogens with one attached hydrogen (secondary N) is 1. The van der Waals surface area contributed by atoms with Gasteiger partial charge in [0.15, 0.2) is 0 Å². The second kappa shape index (κ2) is 8.54. The molecule has 4 heteroatoms. The fourth-order valence-corrected chi connectivity index (χ4v) is 3.71. The SMILES string of the molecule is FC(F)OC1CCC(Cc2ccccc2)(NCc2ccccc2)CC1. The van der Waals surface area contributed by atoms with Crippen LogP contribution < -0.4 is 5.32 Å². The number of benzene rings is 2. The molecule has 0 atom stereocenters. The van der Waals surface area contributed by atoms with E-state index >= 15 is 0 Å². The number of hydrogen-bond acceptors (Lipinski definition) is 2. The second-order valence-corrected chi connectivity index (χ2v) is 6.88. The highest BCUT2D eigenvalue weighted by atomic mass is 19.3. The maximum Gasteiger partial charge on any atom is 0.345 e. The van der Waals surface area contributed by atoms with E-state index in [-0.39, 0.29) is 11.6 Å². The van der Waals surface area contributed by atoms with Gasteiger partial charge in [0.25, 0.3) is 0 Å². The van der Waals surface area contributed by atoms with E-state index in [1.807, 2.05) is 36.4 Å².